The van der Waals surface area contributed by atoms with Gasteiger partial charge in [-0.1, -0.05) is 0 Å². The first-order chi connectivity index (χ1) is 8.90. The molecule has 0 N–H and O–H groups in total. The van der Waals surface area contributed by atoms with Crippen LogP contribution in [0.2, 0.25) is 0 Å². The maximum atomic E-state index is 6.26. The largest absolute Gasteiger partial charge is 0.307 e. The van der Waals surface area contributed by atoms with Crippen LogP contribution in [0.25, 0.3) is 11.2 Å². The van der Waals surface area contributed by atoms with Crippen molar-refractivity contribution in [2.24, 2.45) is 0 Å². The molecule has 2 aromatic rings. The van der Waals surface area contributed by atoms with Crippen LogP contribution >= 0.6 is 27.5 Å². The maximum Gasteiger partial charge on any atom is 0.160 e. The molecular weight excluding hydrogens is 328 g/mol. The summed E-state index contributed by atoms with van der Waals surface area (Å²) in [6.45, 7) is 5.02. The van der Waals surface area contributed by atoms with Crippen molar-refractivity contribution < 1.29 is 0 Å². The van der Waals surface area contributed by atoms with Crippen LogP contribution in [-0.2, 0) is 0 Å². The molecule has 4 nitrogen and oxygen atoms in total. The first kappa shape index (κ1) is 14.8. The molecule has 2 atom stereocenters. The predicted octanol–water partition coefficient (Wildman–Crippen LogP) is 3.62. The number of nitrogens with zero attached hydrogens (tertiary/aromatic N) is 4. The summed E-state index contributed by atoms with van der Waals surface area (Å²) in [4.78, 5) is 11.3. The van der Waals surface area contributed by atoms with Crippen molar-refractivity contribution in [3.63, 3.8) is 0 Å². The van der Waals surface area contributed by atoms with E-state index in [9.17, 15) is 0 Å². The van der Waals surface area contributed by atoms with Crippen LogP contribution in [0.5, 0.6) is 0 Å². The third-order valence-corrected chi connectivity index (χ3v) is 3.58. The van der Waals surface area contributed by atoms with Gasteiger partial charge in [0.05, 0.1) is 5.38 Å². The summed E-state index contributed by atoms with van der Waals surface area (Å²) in [7, 11) is 4.12. The van der Waals surface area contributed by atoms with Crippen LogP contribution in [0.3, 0.4) is 0 Å². The lowest BCUT2D eigenvalue weighted by Crippen LogP contribution is -2.24. The van der Waals surface area contributed by atoms with E-state index in [1.54, 1.807) is 6.20 Å². The number of imidazole rings is 1. The van der Waals surface area contributed by atoms with Gasteiger partial charge in [0.25, 0.3) is 0 Å². The van der Waals surface area contributed by atoms with Crippen molar-refractivity contribution in [2.45, 2.75) is 25.3 Å². The number of hydrogen-bond donors (Lipinski definition) is 0. The Kier molecular flexibility index (Phi) is 4.48. The average molecular weight is 346 g/mol. The van der Waals surface area contributed by atoms with Crippen LogP contribution in [0.1, 0.15) is 31.1 Å². The second-order valence-corrected chi connectivity index (χ2v) is 6.63. The highest BCUT2D eigenvalue weighted by Gasteiger charge is 2.20. The molecule has 0 saturated heterocycles. The molecule has 0 aliphatic carbocycles. The zero-order valence-corrected chi connectivity index (χ0v) is 13.9. The number of halogens is 2. The predicted molar refractivity (Wildman–Crippen MR) is 82.8 cm³/mol. The van der Waals surface area contributed by atoms with E-state index in [-0.39, 0.29) is 11.4 Å². The van der Waals surface area contributed by atoms with E-state index in [1.807, 2.05) is 13.0 Å². The van der Waals surface area contributed by atoms with Crippen molar-refractivity contribution in [2.75, 3.05) is 20.6 Å². The van der Waals surface area contributed by atoms with Gasteiger partial charge in [-0.2, -0.15) is 0 Å². The molecule has 6 heteroatoms. The molecule has 104 valence electrons. The summed E-state index contributed by atoms with van der Waals surface area (Å²) < 4.78 is 3.07. The zero-order chi connectivity index (χ0) is 14.2. The molecule has 0 saturated carbocycles. The highest BCUT2D eigenvalue weighted by Crippen LogP contribution is 2.28. The third-order valence-electron chi connectivity index (χ3n) is 2.95. The minimum atomic E-state index is -0.141. The molecule has 0 aliphatic heterocycles. The lowest BCUT2D eigenvalue weighted by atomic mass is 10.3. The normalized spacial score (nSPS) is 15.1. The average Bonchev–Trinajstić information content (AvgIpc) is 2.66. The van der Waals surface area contributed by atoms with Crippen molar-refractivity contribution in [1.82, 2.24) is 19.4 Å². The van der Waals surface area contributed by atoms with Crippen LogP contribution < -0.4 is 0 Å². The highest BCUT2D eigenvalue weighted by molar-refractivity contribution is 9.10. The molecular formula is C13H18BrClN4. The number of likely N-dealkylation sites (N-methyl/N-ethyl adjacent to an activating group) is 1. The molecule has 0 amide bonds. The maximum absolute atomic E-state index is 6.26. The molecule has 2 unspecified atom stereocenters. The molecule has 2 heterocycles. The van der Waals surface area contributed by atoms with E-state index in [0.717, 1.165) is 28.0 Å². The van der Waals surface area contributed by atoms with E-state index in [2.05, 4.69) is 56.4 Å². The SMILES string of the molecule is CC(Cl)c1nc2cc(Br)cnc2n1C(C)CN(C)C. The summed E-state index contributed by atoms with van der Waals surface area (Å²) in [5.41, 5.74) is 1.77. The van der Waals surface area contributed by atoms with Gasteiger partial charge in [-0.3, -0.25) is 0 Å². The van der Waals surface area contributed by atoms with Gasteiger partial charge in [0.2, 0.25) is 0 Å². The lowest BCUT2D eigenvalue weighted by molar-refractivity contribution is 0.336. The van der Waals surface area contributed by atoms with Gasteiger partial charge in [-0.05, 0) is 49.9 Å². The van der Waals surface area contributed by atoms with Crippen LogP contribution in [-0.4, -0.2) is 40.1 Å². The van der Waals surface area contributed by atoms with Gasteiger partial charge in [0, 0.05) is 23.3 Å². The molecule has 0 radical (unpaired) electrons. The second kappa shape index (κ2) is 5.77. The second-order valence-electron chi connectivity index (χ2n) is 5.06. The van der Waals surface area contributed by atoms with E-state index in [1.165, 1.54) is 0 Å². The highest BCUT2D eigenvalue weighted by atomic mass is 79.9. The molecule has 0 fully saturated rings. The molecule has 0 bridgehead atoms. The molecule has 2 rings (SSSR count). The number of hydrogen-bond acceptors (Lipinski definition) is 3. The minimum Gasteiger partial charge on any atom is -0.307 e. The van der Waals surface area contributed by atoms with E-state index in [0.29, 0.717) is 0 Å². The Morgan fingerprint density at radius 1 is 1.42 bits per heavy atom. The smallest absolute Gasteiger partial charge is 0.160 e. The Morgan fingerprint density at radius 3 is 2.68 bits per heavy atom. The van der Waals surface area contributed by atoms with Crippen molar-refractivity contribution in [3.05, 3.63) is 22.6 Å². The van der Waals surface area contributed by atoms with Crippen LogP contribution in [0.15, 0.2) is 16.7 Å². The quantitative estimate of drug-likeness (QED) is 0.794. The van der Waals surface area contributed by atoms with Crippen LogP contribution in [0, 0.1) is 0 Å². The fraction of sp³-hybridized carbons (Fsp3) is 0.538. The summed E-state index contributed by atoms with van der Waals surface area (Å²) in [5, 5.41) is -0.141. The first-order valence-electron chi connectivity index (χ1n) is 6.22. The van der Waals surface area contributed by atoms with Crippen molar-refractivity contribution >= 4 is 38.7 Å². The molecule has 0 aromatic carbocycles. The van der Waals surface area contributed by atoms with E-state index >= 15 is 0 Å². The summed E-state index contributed by atoms with van der Waals surface area (Å²) in [5.74, 6) is 0.872. The fourth-order valence-corrected chi connectivity index (χ4v) is 2.77. The van der Waals surface area contributed by atoms with E-state index < -0.39 is 0 Å². The molecule has 0 spiro atoms. The number of aromatic nitrogens is 3. The van der Waals surface area contributed by atoms with Gasteiger partial charge in [0.1, 0.15) is 11.3 Å². The van der Waals surface area contributed by atoms with Gasteiger partial charge >= 0.3 is 0 Å². The lowest BCUT2D eigenvalue weighted by Gasteiger charge is -2.21. The number of pyridine rings is 1. The summed E-state index contributed by atoms with van der Waals surface area (Å²) in [6, 6.07) is 2.24. The fourth-order valence-electron chi connectivity index (χ4n) is 2.30. The van der Waals surface area contributed by atoms with Crippen molar-refractivity contribution in [1.29, 1.82) is 0 Å². The van der Waals surface area contributed by atoms with Gasteiger partial charge in [-0.25, -0.2) is 9.97 Å². The standard InChI is InChI=1S/C13H18BrClN4/c1-8(7-18(3)4)19-12(9(2)15)17-11-5-10(14)6-16-13(11)19/h5-6,8-9H,7H2,1-4H3. The van der Waals surface area contributed by atoms with Gasteiger partial charge < -0.3 is 9.47 Å². The Bertz CT molecular complexity index is 579. The number of rotatable bonds is 4. The first-order valence-corrected chi connectivity index (χ1v) is 7.45. The zero-order valence-electron chi connectivity index (χ0n) is 11.6. The molecule has 2 aromatic heterocycles. The number of alkyl halides is 1. The van der Waals surface area contributed by atoms with Gasteiger partial charge in [0.15, 0.2) is 5.65 Å². The number of fused-ring (bicyclic) bond motifs is 1. The third kappa shape index (κ3) is 3.09. The minimum absolute atomic E-state index is 0.141. The van der Waals surface area contributed by atoms with Crippen molar-refractivity contribution in [3.8, 4) is 0 Å². The summed E-state index contributed by atoms with van der Waals surface area (Å²) in [6.07, 6.45) is 1.80. The summed E-state index contributed by atoms with van der Waals surface area (Å²) >= 11 is 9.69. The van der Waals surface area contributed by atoms with Gasteiger partial charge in [-0.15, -0.1) is 11.6 Å². The topological polar surface area (TPSA) is 34.0 Å². The molecule has 19 heavy (non-hydrogen) atoms. The van der Waals surface area contributed by atoms with E-state index in [4.69, 9.17) is 11.6 Å². The Balaban J connectivity index is 2.58. The van der Waals surface area contributed by atoms with Crippen LogP contribution in [0.4, 0.5) is 0 Å². The monoisotopic (exact) mass is 344 g/mol. The molecule has 0 aliphatic rings. The Morgan fingerprint density at radius 2 is 2.11 bits per heavy atom. The Hall–Kier alpha value is -0.650. The Labute approximate surface area is 126 Å².